The Kier molecular flexibility index (Phi) is 5.05. The number of hydrogen-bond donors (Lipinski definition) is 1. The fourth-order valence-corrected chi connectivity index (χ4v) is 2.90. The first-order valence-electron chi connectivity index (χ1n) is 7.18. The Hall–Kier alpha value is -1.34. The number of rotatable bonds is 3. The number of carbonyl (C=O) groups is 1. The molecule has 0 spiro atoms. The number of amides is 1. The number of anilines is 1. The molecule has 118 valence electrons. The first kappa shape index (κ1) is 16.0. The van der Waals surface area contributed by atoms with E-state index >= 15 is 0 Å². The monoisotopic (exact) mass is 312 g/mol. The third kappa shape index (κ3) is 5.17. The van der Waals surface area contributed by atoms with Crippen molar-refractivity contribution in [2.75, 3.05) is 38.1 Å². The third-order valence-corrected chi connectivity index (χ3v) is 4.18. The van der Waals surface area contributed by atoms with Gasteiger partial charge in [0.05, 0.1) is 6.54 Å². The lowest BCUT2D eigenvalue weighted by Gasteiger charge is -2.32. The molecule has 0 radical (unpaired) electrons. The van der Waals surface area contributed by atoms with Gasteiger partial charge in [-0.15, -0.1) is 11.3 Å². The van der Waals surface area contributed by atoms with Crippen LogP contribution in [0.3, 0.4) is 0 Å². The molecule has 0 saturated carbocycles. The van der Waals surface area contributed by atoms with E-state index in [0.29, 0.717) is 6.54 Å². The summed E-state index contributed by atoms with van der Waals surface area (Å²) in [5, 5.41) is 3.79. The lowest BCUT2D eigenvalue weighted by atomic mass is 10.2. The fourth-order valence-electron chi connectivity index (χ4n) is 2.00. The molecule has 0 bridgehead atoms. The van der Waals surface area contributed by atoms with Crippen molar-refractivity contribution in [3.05, 3.63) is 11.1 Å². The summed E-state index contributed by atoms with van der Waals surface area (Å²) in [6.07, 6.45) is 1.44. The molecule has 2 heterocycles. The van der Waals surface area contributed by atoms with Crippen LogP contribution in [0, 0.1) is 0 Å². The predicted octanol–water partition coefficient (Wildman–Crippen LogP) is 1.92. The molecule has 1 fully saturated rings. The molecule has 2 rings (SSSR count). The van der Waals surface area contributed by atoms with Crippen molar-refractivity contribution in [1.29, 1.82) is 0 Å². The van der Waals surface area contributed by atoms with Gasteiger partial charge in [0.25, 0.3) is 0 Å². The Morgan fingerprint density at radius 2 is 2.05 bits per heavy atom. The van der Waals surface area contributed by atoms with Crippen LogP contribution in [0.5, 0.6) is 0 Å². The van der Waals surface area contributed by atoms with Gasteiger partial charge >= 0.3 is 6.09 Å². The summed E-state index contributed by atoms with van der Waals surface area (Å²) in [5.41, 5.74) is -0.469. The molecule has 1 aliphatic rings. The molecule has 1 N–H and O–H groups in total. The van der Waals surface area contributed by atoms with Crippen LogP contribution in [0.2, 0.25) is 0 Å². The second-order valence-electron chi connectivity index (χ2n) is 6.25. The Morgan fingerprint density at radius 3 is 2.67 bits per heavy atom. The van der Waals surface area contributed by atoms with E-state index in [1.54, 1.807) is 11.3 Å². The van der Waals surface area contributed by atoms with Crippen molar-refractivity contribution < 1.29 is 9.53 Å². The first-order chi connectivity index (χ1) is 9.83. The third-order valence-electron chi connectivity index (χ3n) is 3.12. The highest BCUT2D eigenvalue weighted by molar-refractivity contribution is 7.15. The average Bonchev–Trinajstić information content (AvgIpc) is 2.84. The zero-order chi connectivity index (χ0) is 15.5. The smallest absolute Gasteiger partial charge is 0.407 e. The standard InChI is InChI=1S/C14H24N4O2S/c1-14(2,3)20-13(19)16-10-11-9-15-12(21-11)18-7-5-17(4)6-8-18/h9H,5-8,10H2,1-4H3,(H,16,19). The first-order valence-corrected chi connectivity index (χ1v) is 8.00. The fraction of sp³-hybridized carbons (Fsp3) is 0.714. The number of nitrogens with one attached hydrogen (secondary N) is 1. The van der Waals surface area contributed by atoms with Crippen LogP contribution in [0.15, 0.2) is 6.20 Å². The molecule has 0 aliphatic carbocycles. The predicted molar refractivity (Wildman–Crippen MR) is 84.9 cm³/mol. The van der Waals surface area contributed by atoms with Crippen LogP contribution in [0.1, 0.15) is 25.6 Å². The van der Waals surface area contributed by atoms with Crippen molar-refractivity contribution in [2.24, 2.45) is 0 Å². The molecule has 0 aromatic carbocycles. The molecule has 21 heavy (non-hydrogen) atoms. The maximum Gasteiger partial charge on any atom is 0.407 e. The van der Waals surface area contributed by atoms with Crippen molar-refractivity contribution in [2.45, 2.75) is 32.9 Å². The lowest BCUT2D eigenvalue weighted by Crippen LogP contribution is -2.44. The van der Waals surface area contributed by atoms with Gasteiger partial charge in [0, 0.05) is 37.3 Å². The SMILES string of the molecule is CN1CCN(c2ncc(CNC(=O)OC(C)(C)C)s2)CC1. The minimum absolute atomic E-state index is 0.392. The van der Waals surface area contributed by atoms with E-state index in [0.717, 1.165) is 36.2 Å². The largest absolute Gasteiger partial charge is 0.444 e. The number of aromatic nitrogens is 1. The van der Waals surface area contributed by atoms with Crippen molar-refractivity contribution in [3.63, 3.8) is 0 Å². The Bertz CT molecular complexity index is 476. The highest BCUT2D eigenvalue weighted by atomic mass is 32.1. The minimum Gasteiger partial charge on any atom is -0.444 e. The average molecular weight is 312 g/mol. The second kappa shape index (κ2) is 6.62. The molecule has 7 heteroatoms. The molecule has 0 atom stereocenters. The van der Waals surface area contributed by atoms with Gasteiger partial charge in [-0.1, -0.05) is 0 Å². The summed E-state index contributed by atoms with van der Waals surface area (Å²) in [6.45, 7) is 10.1. The summed E-state index contributed by atoms with van der Waals surface area (Å²) in [5.74, 6) is 0. The van der Waals surface area contributed by atoms with E-state index in [1.807, 2.05) is 27.0 Å². The van der Waals surface area contributed by atoms with Gasteiger partial charge in [0.15, 0.2) is 5.13 Å². The summed E-state index contributed by atoms with van der Waals surface area (Å²) >= 11 is 1.63. The zero-order valence-electron chi connectivity index (χ0n) is 13.2. The molecule has 1 aromatic heterocycles. The number of hydrogen-bond acceptors (Lipinski definition) is 6. The van der Waals surface area contributed by atoms with E-state index in [1.165, 1.54) is 0 Å². The Labute approximate surface area is 130 Å². The Balaban J connectivity index is 1.82. The lowest BCUT2D eigenvalue weighted by molar-refractivity contribution is 0.0524. The van der Waals surface area contributed by atoms with Crippen LogP contribution in [0.25, 0.3) is 0 Å². The van der Waals surface area contributed by atoms with Gasteiger partial charge < -0.3 is 19.9 Å². The maximum atomic E-state index is 11.6. The topological polar surface area (TPSA) is 57.7 Å². The summed E-state index contributed by atoms with van der Waals surface area (Å²) in [4.78, 5) is 21.7. The number of likely N-dealkylation sites (N-methyl/N-ethyl adjacent to an activating group) is 1. The highest BCUT2D eigenvalue weighted by Crippen LogP contribution is 2.23. The molecule has 1 saturated heterocycles. The van der Waals surface area contributed by atoms with Crippen LogP contribution in [-0.2, 0) is 11.3 Å². The van der Waals surface area contributed by atoms with Crippen molar-refractivity contribution >= 4 is 22.6 Å². The molecule has 6 nitrogen and oxygen atoms in total. The summed E-state index contributed by atoms with van der Waals surface area (Å²) in [7, 11) is 2.13. The number of alkyl carbamates (subject to hydrolysis) is 1. The molecule has 1 amide bonds. The van der Waals surface area contributed by atoms with Crippen LogP contribution in [0.4, 0.5) is 9.93 Å². The number of ether oxygens (including phenoxy) is 1. The molecular formula is C14H24N4O2S. The molecule has 1 aromatic rings. The molecule has 0 unspecified atom stereocenters. The van der Waals surface area contributed by atoms with E-state index < -0.39 is 11.7 Å². The summed E-state index contributed by atoms with van der Waals surface area (Å²) in [6, 6.07) is 0. The van der Waals surface area contributed by atoms with Gasteiger partial charge in [0.2, 0.25) is 0 Å². The Morgan fingerprint density at radius 1 is 1.38 bits per heavy atom. The van der Waals surface area contributed by atoms with E-state index in [4.69, 9.17) is 4.74 Å². The summed E-state index contributed by atoms with van der Waals surface area (Å²) < 4.78 is 5.21. The number of nitrogens with zero attached hydrogens (tertiary/aromatic N) is 3. The number of piperazine rings is 1. The van der Waals surface area contributed by atoms with Gasteiger partial charge in [0.1, 0.15) is 5.60 Å². The van der Waals surface area contributed by atoms with Crippen LogP contribution < -0.4 is 10.2 Å². The molecule has 1 aliphatic heterocycles. The van der Waals surface area contributed by atoms with Crippen molar-refractivity contribution in [3.8, 4) is 0 Å². The van der Waals surface area contributed by atoms with Crippen LogP contribution in [-0.4, -0.2) is 54.8 Å². The number of carbonyl (C=O) groups excluding carboxylic acids is 1. The normalized spacial score (nSPS) is 16.9. The minimum atomic E-state index is -0.469. The van der Waals surface area contributed by atoms with Gasteiger partial charge in [-0.3, -0.25) is 0 Å². The highest BCUT2D eigenvalue weighted by Gasteiger charge is 2.18. The maximum absolute atomic E-state index is 11.6. The second-order valence-corrected chi connectivity index (χ2v) is 7.35. The van der Waals surface area contributed by atoms with Gasteiger partial charge in [-0.05, 0) is 27.8 Å². The van der Waals surface area contributed by atoms with E-state index in [9.17, 15) is 4.79 Å². The number of thiazole rings is 1. The van der Waals surface area contributed by atoms with Gasteiger partial charge in [-0.2, -0.15) is 0 Å². The van der Waals surface area contributed by atoms with Crippen molar-refractivity contribution in [1.82, 2.24) is 15.2 Å². The molecular weight excluding hydrogens is 288 g/mol. The quantitative estimate of drug-likeness (QED) is 0.924. The van der Waals surface area contributed by atoms with Gasteiger partial charge in [-0.25, -0.2) is 9.78 Å². The van der Waals surface area contributed by atoms with E-state index in [-0.39, 0.29) is 0 Å². The van der Waals surface area contributed by atoms with E-state index in [2.05, 4.69) is 27.1 Å². The zero-order valence-corrected chi connectivity index (χ0v) is 14.0. The van der Waals surface area contributed by atoms with Crippen LogP contribution >= 0.6 is 11.3 Å².